The number of carbonyl (C=O) groups is 1. The van der Waals surface area contributed by atoms with Gasteiger partial charge in [-0.3, -0.25) is 4.79 Å². The van der Waals surface area contributed by atoms with Crippen LogP contribution in [0.5, 0.6) is 0 Å². The summed E-state index contributed by atoms with van der Waals surface area (Å²) in [5.41, 5.74) is 5.47. The molecule has 2 unspecified atom stereocenters. The van der Waals surface area contributed by atoms with Crippen LogP contribution in [0.15, 0.2) is 4.34 Å². The van der Waals surface area contributed by atoms with Crippen LogP contribution in [0.25, 0.3) is 0 Å². The topological polar surface area (TPSA) is 78.1 Å². The molecule has 1 heterocycles. The summed E-state index contributed by atoms with van der Waals surface area (Å²) in [6.45, 7) is 2.05. The molecule has 2 atom stereocenters. The lowest BCUT2D eigenvalue weighted by molar-refractivity contribution is -0.148. The van der Waals surface area contributed by atoms with E-state index in [1.165, 1.54) is 18.6 Å². The largest absolute Gasteiger partial charge is 0.468 e. The van der Waals surface area contributed by atoms with Crippen molar-refractivity contribution in [1.82, 2.24) is 9.36 Å². The van der Waals surface area contributed by atoms with Gasteiger partial charge in [0.2, 0.25) is 0 Å². The average Bonchev–Trinajstić information content (AvgIpc) is 3.06. The van der Waals surface area contributed by atoms with E-state index in [1.54, 1.807) is 11.8 Å². The Balaban J connectivity index is 1.85. The van der Waals surface area contributed by atoms with Crippen molar-refractivity contribution < 1.29 is 9.53 Å². The summed E-state index contributed by atoms with van der Waals surface area (Å²) in [5, 5.41) is 0. The normalized spacial score (nSPS) is 25.9. The van der Waals surface area contributed by atoms with Crippen molar-refractivity contribution in [3.8, 4) is 0 Å². The van der Waals surface area contributed by atoms with Crippen LogP contribution < -0.4 is 5.73 Å². The van der Waals surface area contributed by atoms with Crippen molar-refractivity contribution in [3.63, 3.8) is 0 Å². The molecule has 1 aliphatic carbocycles. The maximum atomic E-state index is 11.8. The first-order valence-electron chi connectivity index (χ1n) is 6.92. The Hall–Kier alpha value is -0.660. The van der Waals surface area contributed by atoms with Gasteiger partial charge in [-0.25, -0.2) is 4.98 Å². The molecule has 0 bridgehead atoms. The number of ether oxygens (including phenoxy) is 1. The fourth-order valence-electron chi connectivity index (χ4n) is 2.69. The van der Waals surface area contributed by atoms with Gasteiger partial charge in [-0.05, 0) is 36.7 Å². The van der Waals surface area contributed by atoms with E-state index in [2.05, 4.69) is 9.36 Å². The van der Waals surface area contributed by atoms with Gasteiger partial charge < -0.3 is 10.5 Å². The molecule has 1 saturated carbocycles. The molecule has 112 valence electrons. The van der Waals surface area contributed by atoms with E-state index in [9.17, 15) is 4.79 Å². The van der Waals surface area contributed by atoms with E-state index in [4.69, 9.17) is 10.5 Å². The van der Waals surface area contributed by atoms with Gasteiger partial charge in [0.25, 0.3) is 0 Å². The molecule has 1 aromatic heterocycles. The molecular formula is C13H21N3O2S2. The number of nitrogens with zero attached hydrogens (tertiary/aromatic N) is 2. The molecule has 1 aliphatic rings. The predicted octanol–water partition coefficient (Wildman–Crippen LogP) is 2.25. The van der Waals surface area contributed by atoms with Crippen LogP contribution in [0.3, 0.4) is 0 Å². The molecular weight excluding hydrogens is 294 g/mol. The van der Waals surface area contributed by atoms with Gasteiger partial charge in [0.15, 0.2) is 4.34 Å². The molecule has 1 fully saturated rings. The highest BCUT2D eigenvalue weighted by Gasteiger charge is 2.46. The van der Waals surface area contributed by atoms with E-state index < -0.39 is 5.54 Å². The molecule has 0 radical (unpaired) electrons. The zero-order valence-electron chi connectivity index (χ0n) is 11.9. The number of aromatic nitrogens is 2. The number of carbonyl (C=O) groups excluding carboxylic acids is 1. The van der Waals surface area contributed by atoms with E-state index >= 15 is 0 Å². The molecule has 2 N–H and O–H groups in total. The Labute approximate surface area is 127 Å². The minimum absolute atomic E-state index is 0.209. The lowest BCUT2D eigenvalue weighted by Gasteiger charge is -2.28. The lowest BCUT2D eigenvalue weighted by Crippen LogP contribution is -2.51. The number of esters is 1. The Morgan fingerprint density at radius 1 is 1.65 bits per heavy atom. The molecule has 1 aromatic rings. The van der Waals surface area contributed by atoms with Crippen molar-refractivity contribution >= 4 is 29.3 Å². The maximum absolute atomic E-state index is 11.8. The zero-order chi connectivity index (χ0) is 14.6. The molecule has 0 saturated heterocycles. The van der Waals surface area contributed by atoms with Crippen LogP contribution in [0.2, 0.25) is 0 Å². The third-order valence-corrected chi connectivity index (χ3v) is 5.80. The number of nitrogens with two attached hydrogens (primary N) is 1. The SMILES string of the molecule is CCc1nsc(SCCC2CCCC2(N)C(=O)OC)n1. The first kappa shape index (κ1) is 15.7. The Morgan fingerprint density at radius 3 is 3.10 bits per heavy atom. The van der Waals surface area contributed by atoms with Gasteiger partial charge in [-0.2, -0.15) is 4.37 Å². The lowest BCUT2D eigenvalue weighted by atomic mass is 9.86. The van der Waals surface area contributed by atoms with E-state index in [-0.39, 0.29) is 11.9 Å². The molecule has 20 heavy (non-hydrogen) atoms. The van der Waals surface area contributed by atoms with Gasteiger partial charge in [0.1, 0.15) is 11.4 Å². The monoisotopic (exact) mass is 315 g/mol. The van der Waals surface area contributed by atoms with Gasteiger partial charge in [0.05, 0.1) is 7.11 Å². The summed E-state index contributed by atoms with van der Waals surface area (Å²) in [6.07, 6.45) is 4.52. The van der Waals surface area contributed by atoms with Crippen molar-refractivity contribution in [3.05, 3.63) is 5.82 Å². The van der Waals surface area contributed by atoms with Crippen LogP contribution >= 0.6 is 23.3 Å². The standard InChI is InChI=1S/C13H21N3O2S2/c1-3-10-15-12(20-16-10)19-8-6-9-5-4-7-13(9,14)11(17)18-2/h9H,3-8,14H2,1-2H3. The third-order valence-electron chi connectivity index (χ3n) is 3.89. The maximum Gasteiger partial charge on any atom is 0.326 e. The predicted molar refractivity (Wildman–Crippen MR) is 80.9 cm³/mol. The Morgan fingerprint density at radius 2 is 2.45 bits per heavy atom. The fraction of sp³-hybridized carbons (Fsp3) is 0.769. The van der Waals surface area contributed by atoms with Crippen LogP contribution in [-0.2, 0) is 16.0 Å². The second-order valence-corrected chi connectivity index (χ2v) is 7.18. The highest BCUT2D eigenvalue weighted by Crippen LogP contribution is 2.38. The fourth-order valence-corrected chi connectivity index (χ4v) is 4.51. The van der Waals surface area contributed by atoms with Gasteiger partial charge in [-0.15, -0.1) is 0 Å². The van der Waals surface area contributed by atoms with Gasteiger partial charge >= 0.3 is 5.97 Å². The minimum atomic E-state index is -0.787. The van der Waals surface area contributed by atoms with E-state index in [1.807, 2.05) is 6.92 Å². The third kappa shape index (κ3) is 3.32. The summed E-state index contributed by atoms with van der Waals surface area (Å²) < 4.78 is 10.1. The quantitative estimate of drug-likeness (QED) is 0.641. The second kappa shape index (κ2) is 6.87. The molecule has 0 aliphatic heterocycles. The highest BCUT2D eigenvalue weighted by atomic mass is 32.2. The number of hydrogen-bond acceptors (Lipinski definition) is 7. The molecule has 2 rings (SSSR count). The smallest absolute Gasteiger partial charge is 0.326 e. The first-order valence-corrected chi connectivity index (χ1v) is 8.68. The summed E-state index contributed by atoms with van der Waals surface area (Å²) in [7, 11) is 1.41. The van der Waals surface area contributed by atoms with Gasteiger partial charge in [-0.1, -0.05) is 25.1 Å². The molecule has 0 amide bonds. The van der Waals surface area contributed by atoms with E-state index in [0.29, 0.717) is 0 Å². The van der Waals surface area contributed by atoms with Crippen molar-refractivity contribution in [2.45, 2.75) is 48.9 Å². The number of aryl methyl sites for hydroxylation is 1. The van der Waals surface area contributed by atoms with Gasteiger partial charge in [0, 0.05) is 12.2 Å². The molecule has 0 spiro atoms. The van der Waals surface area contributed by atoms with Crippen LogP contribution in [0.1, 0.15) is 38.4 Å². The Kier molecular flexibility index (Phi) is 5.40. The first-order chi connectivity index (χ1) is 9.60. The summed E-state index contributed by atoms with van der Waals surface area (Å²) in [4.78, 5) is 16.3. The highest BCUT2D eigenvalue weighted by molar-refractivity contribution is 8.00. The van der Waals surface area contributed by atoms with Crippen LogP contribution in [0, 0.1) is 5.92 Å². The number of hydrogen-bond donors (Lipinski definition) is 1. The van der Waals surface area contributed by atoms with Crippen LogP contribution in [0.4, 0.5) is 0 Å². The van der Waals surface area contributed by atoms with E-state index in [0.717, 1.165) is 48.0 Å². The summed E-state index contributed by atoms with van der Waals surface area (Å²) >= 11 is 3.15. The molecule has 7 heteroatoms. The van der Waals surface area contributed by atoms with Crippen LogP contribution in [-0.4, -0.2) is 33.7 Å². The van der Waals surface area contributed by atoms with Crippen molar-refractivity contribution in [1.29, 1.82) is 0 Å². The Bertz CT molecular complexity index is 466. The minimum Gasteiger partial charge on any atom is -0.468 e. The summed E-state index contributed by atoms with van der Waals surface area (Å²) in [6, 6.07) is 0. The summed E-state index contributed by atoms with van der Waals surface area (Å²) in [5.74, 6) is 1.76. The second-order valence-electron chi connectivity index (χ2n) is 5.09. The number of methoxy groups -OCH3 is 1. The molecule has 5 nitrogen and oxygen atoms in total. The van der Waals surface area contributed by atoms with Crippen molar-refractivity contribution in [2.24, 2.45) is 11.7 Å². The van der Waals surface area contributed by atoms with Crippen molar-refractivity contribution in [2.75, 3.05) is 12.9 Å². The zero-order valence-corrected chi connectivity index (χ0v) is 13.6. The number of thioether (sulfide) groups is 1. The average molecular weight is 315 g/mol. The number of rotatable bonds is 6. The molecule has 0 aromatic carbocycles.